The van der Waals surface area contributed by atoms with Gasteiger partial charge in [0.2, 0.25) is 5.88 Å². The van der Waals surface area contributed by atoms with E-state index >= 15 is 0 Å². The van der Waals surface area contributed by atoms with E-state index in [9.17, 15) is 0 Å². The Morgan fingerprint density at radius 3 is 2.85 bits per heavy atom. The van der Waals surface area contributed by atoms with Crippen molar-refractivity contribution < 1.29 is 9.47 Å². The van der Waals surface area contributed by atoms with E-state index in [-0.39, 0.29) is 6.10 Å². The Bertz CT molecular complexity index is 594. The standard InChI is InChI=1S/C16H20N2O2/c1-11(2)17-8-13-7-12-5-3-4-6-15(12)16(18-13)20-14-9-19-10-14/h3-7,11,14,17H,8-10H2,1-2H3. The van der Waals surface area contributed by atoms with Crippen LogP contribution in [0.4, 0.5) is 0 Å². The van der Waals surface area contributed by atoms with Gasteiger partial charge in [0.15, 0.2) is 0 Å². The van der Waals surface area contributed by atoms with Crippen molar-refractivity contribution in [2.24, 2.45) is 0 Å². The Morgan fingerprint density at radius 1 is 1.35 bits per heavy atom. The number of ether oxygens (including phenoxy) is 2. The van der Waals surface area contributed by atoms with Crippen LogP contribution >= 0.6 is 0 Å². The van der Waals surface area contributed by atoms with Gasteiger partial charge >= 0.3 is 0 Å². The molecule has 0 unspecified atom stereocenters. The maximum atomic E-state index is 5.95. The largest absolute Gasteiger partial charge is 0.469 e. The lowest BCUT2D eigenvalue weighted by molar-refractivity contribution is -0.0807. The molecule has 1 aliphatic heterocycles. The van der Waals surface area contributed by atoms with E-state index in [1.165, 1.54) is 5.39 Å². The second kappa shape index (κ2) is 5.77. The molecule has 1 saturated heterocycles. The number of hydrogen-bond donors (Lipinski definition) is 1. The van der Waals surface area contributed by atoms with Gasteiger partial charge in [0, 0.05) is 18.0 Å². The van der Waals surface area contributed by atoms with Crippen LogP contribution in [0.1, 0.15) is 19.5 Å². The molecule has 1 aromatic heterocycles. The second-order valence-electron chi connectivity index (χ2n) is 5.45. The molecular weight excluding hydrogens is 252 g/mol. The normalized spacial score (nSPS) is 15.6. The maximum Gasteiger partial charge on any atom is 0.222 e. The third kappa shape index (κ3) is 2.92. The molecular formula is C16H20N2O2. The molecule has 4 nitrogen and oxygen atoms in total. The molecule has 1 aromatic carbocycles. The van der Waals surface area contributed by atoms with Crippen LogP contribution in [0.15, 0.2) is 30.3 Å². The fourth-order valence-electron chi connectivity index (χ4n) is 2.15. The number of benzene rings is 1. The highest BCUT2D eigenvalue weighted by Gasteiger charge is 2.22. The SMILES string of the molecule is CC(C)NCc1cc2ccccc2c(OC2COC2)n1. The number of nitrogens with one attached hydrogen (secondary N) is 1. The molecule has 2 heterocycles. The summed E-state index contributed by atoms with van der Waals surface area (Å²) < 4.78 is 11.1. The van der Waals surface area contributed by atoms with Crippen LogP contribution < -0.4 is 10.1 Å². The smallest absolute Gasteiger partial charge is 0.222 e. The minimum atomic E-state index is 0.138. The fourth-order valence-corrected chi connectivity index (χ4v) is 2.15. The molecule has 0 atom stereocenters. The third-order valence-electron chi connectivity index (χ3n) is 3.34. The number of pyridine rings is 1. The van der Waals surface area contributed by atoms with Gasteiger partial charge in [0.25, 0.3) is 0 Å². The topological polar surface area (TPSA) is 43.4 Å². The summed E-state index contributed by atoms with van der Waals surface area (Å²) >= 11 is 0. The number of aromatic nitrogens is 1. The van der Waals surface area contributed by atoms with Crippen LogP contribution in [0.5, 0.6) is 5.88 Å². The van der Waals surface area contributed by atoms with E-state index in [1.54, 1.807) is 0 Å². The predicted octanol–water partition coefficient (Wildman–Crippen LogP) is 2.51. The highest BCUT2D eigenvalue weighted by Crippen LogP contribution is 2.26. The molecule has 0 radical (unpaired) electrons. The van der Waals surface area contributed by atoms with Crippen molar-refractivity contribution in [3.63, 3.8) is 0 Å². The van der Waals surface area contributed by atoms with Crippen LogP contribution in [0.3, 0.4) is 0 Å². The van der Waals surface area contributed by atoms with Gasteiger partial charge in [-0.3, -0.25) is 0 Å². The minimum absolute atomic E-state index is 0.138. The molecule has 0 amide bonds. The monoisotopic (exact) mass is 272 g/mol. The summed E-state index contributed by atoms with van der Waals surface area (Å²) in [6.07, 6.45) is 0.138. The van der Waals surface area contributed by atoms with Crippen molar-refractivity contribution in [3.05, 3.63) is 36.0 Å². The summed E-state index contributed by atoms with van der Waals surface area (Å²) in [4.78, 5) is 4.65. The van der Waals surface area contributed by atoms with Gasteiger partial charge < -0.3 is 14.8 Å². The molecule has 106 valence electrons. The summed E-state index contributed by atoms with van der Waals surface area (Å²) in [5.74, 6) is 0.719. The van der Waals surface area contributed by atoms with Crippen molar-refractivity contribution in [3.8, 4) is 5.88 Å². The van der Waals surface area contributed by atoms with Crippen LogP contribution in [-0.2, 0) is 11.3 Å². The highest BCUT2D eigenvalue weighted by molar-refractivity contribution is 5.87. The first kappa shape index (κ1) is 13.3. The molecule has 0 aliphatic carbocycles. The lowest BCUT2D eigenvalue weighted by Gasteiger charge is -2.26. The molecule has 1 fully saturated rings. The van der Waals surface area contributed by atoms with Gasteiger partial charge in [-0.15, -0.1) is 0 Å². The molecule has 0 saturated carbocycles. The summed E-state index contributed by atoms with van der Waals surface area (Å²) in [7, 11) is 0. The lowest BCUT2D eigenvalue weighted by atomic mass is 10.1. The van der Waals surface area contributed by atoms with Crippen LogP contribution in [0, 0.1) is 0 Å². The molecule has 2 aromatic rings. The van der Waals surface area contributed by atoms with E-state index in [4.69, 9.17) is 9.47 Å². The van der Waals surface area contributed by atoms with Crippen molar-refractivity contribution in [2.45, 2.75) is 32.5 Å². The van der Waals surface area contributed by atoms with Gasteiger partial charge in [0.1, 0.15) is 6.10 Å². The molecule has 1 N–H and O–H groups in total. The third-order valence-corrected chi connectivity index (χ3v) is 3.34. The summed E-state index contributed by atoms with van der Waals surface area (Å²) in [6.45, 7) is 6.32. The van der Waals surface area contributed by atoms with Crippen molar-refractivity contribution in [1.29, 1.82) is 0 Å². The van der Waals surface area contributed by atoms with Crippen LogP contribution in [0.2, 0.25) is 0 Å². The van der Waals surface area contributed by atoms with Gasteiger partial charge in [-0.2, -0.15) is 0 Å². The molecule has 3 rings (SSSR count). The Kier molecular flexibility index (Phi) is 3.85. The molecule has 4 heteroatoms. The molecule has 0 spiro atoms. The van der Waals surface area contributed by atoms with Gasteiger partial charge in [0.05, 0.1) is 18.9 Å². The first-order valence-corrected chi connectivity index (χ1v) is 7.09. The molecule has 0 bridgehead atoms. The van der Waals surface area contributed by atoms with E-state index in [0.717, 1.165) is 23.5 Å². The molecule has 20 heavy (non-hydrogen) atoms. The Hall–Kier alpha value is -1.65. The van der Waals surface area contributed by atoms with Crippen molar-refractivity contribution >= 4 is 10.8 Å². The first-order valence-electron chi connectivity index (χ1n) is 7.09. The Balaban J connectivity index is 1.91. The van der Waals surface area contributed by atoms with Crippen molar-refractivity contribution in [2.75, 3.05) is 13.2 Å². The highest BCUT2D eigenvalue weighted by atomic mass is 16.6. The second-order valence-corrected chi connectivity index (χ2v) is 5.45. The summed E-state index contributed by atoms with van der Waals surface area (Å²) in [6, 6.07) is 10.8. The average Bonchev–Trinajstić information content (AvgIpc) is 2.40. The maximum absolute atomic E-state index is 5.95. The van der Waals surface area contributed by atoms with Crippen LogP contribution in [-0.4, -0.2) is 30.3 Å². The minimum Gasteiger partial charge on any atom is -0.469 e. The summed E-state index contributed by atoms with van der Waals surface area (Å²) in [5, 5.41) is 5.62. The molecule has 1 aliphatic rings. The average molecular weight is 272 g/mol. The van der Waals surface area contributed by atoms with E-state index < -0.39 is 0 Å². The fraction of sp³-hybridized carbons (Fsp3) is 0.438. The van der Waals surface area contributed by atoms with Crippen LogP contribution in [0.25, 0.3) is 10.8 Å². The number of rotatable bonds is 5. The van der Waals surface area contributed by atoms with Gasteiger partial charge in [-0.05, 0) is 17.5 Å². The summed E-state index contributed by atoms with van der Waals surface area (Å²) in [5.41, 5.74) is 1.01. The van der Waals surface area contributed by atoms with Crippen molar-refractivity contribution in [1.82, 2.24) is 10.3 Å². The zero-order valence-corrected chi connectivity index (χ0v) is 11.9. The zero-order valence-electron chi connectivity index (χ0n) is 11.9. The quantitative estimate of drug-likeness (QED) is 0.908. The van der Waals surface area contributed by atoms with E-state index in [1.807, 2.05) is 12.1 Å². The Morgan fingerprint density at radius 2 is 2.15 bits per heavy atom. The number of nitrogens with zero attached hydrogens (tertiary/aromatic N) is 1. The number of hydrogen-bond acceptors (Lipinski definition) is 4. The van der Waals surface area contributed by atoms with Gasteiger partial charge in [-0.25, -0.2) is 4.98 Å². The lowest BCUT2D eigenvalue weighted by Crippen LogP contribution is -2.38. The first-order chi connectivity index (χ1) is 9.72. The van der Waals surface area contributed by atoms with E-state index in [0.29, 0.717) is 19.3 Å². The zero-order chi connectivity index (χ0) is 13.9. The Labute approximate surface area is 119 Å². The predicted molar refractivity (Wildman–Crippen MR) is 79.0 cm³/mol. The number of fused-ring (bicyclic) bond motifs is 1. The van der Waals surface area contributed by atoms with E-state index in [2.05, 4.69) is 42.3 Å². The van der Waals surface area contributed by atoms with Gasteiger partial charge in [-0.1, -0.05) is 32.0 Å².